The van der Waals surface area contributed by atoms with Crippen LogP contribution in [0.4, 0.5) is 0 Å². The van der Waals surface area contributed by atoms with Crippen molar-refractivity contribution in [2.24, 2.45) is 0 Å². The largest absolute Gasteiger partial charge is 0.505 e. The molecule has 1 fully saturated rings. The van der Waals surface area contributed by atoms with Crippen LogP contribution < -0.4 is 5.32 Å². The van der Waals surface area contributed by atoms with Gasteiger partial charge in [0.1, 0.15) is 5.52 Å². The Kier molecular flexibility index (Phi) is 3.75. The van der Waals surface area contributed by atoms with Crippen LogP contribution in [-0.4, -0.2) is 33.3 Å². The summed E-state index contributed by atoms with van der Waals surface area (Å²) >= 11 is 0. The van der Waals surface area contributed by atoms with E-state index in [1.807, 2.05) is 6.07 Å². The molecule has 3 N–H and O–H groups in total. The normalized spacial score (nSPS) is 22.1. The summed E-state index contributed by atoms with van der Waals surface area (Å²) in [6.45, 7) is 0. The average Bonchev–Trinajstić information content (AvgIpc) is 2.50. The Morgan fingerprint density at radius 1 is 1.19 bits per heavy atom. The van der Waals surface area contributed by atoms with Crippen molar-refractivity contribution in [2.45, 2.75) is 37.8 Å². The molecule has 0 saturated heterocycles. The van der Waals surface area contributed by atoms with Crippen LogP contribution in [0.25, 0.3) is 10.9 Å². The predicted molar refractivity (Wildman–Crippen MR) is 79.1 cm³/mol. The fourth-order valence-electron chi connectivity index (χ4n) is 2.80. The summed E-state index contributed by atoms with van der Waals surface area (Å²) in [4.78, 5) is 16.4. The van der Waals surface area contributed by atoms with Crippen molar-refractivity contribution in [1.82, 2.24) is 10.3 Å². The molecule has 1 aliphatic rings. The van der Waals surface area contributed by atoms with Crippen LogP contribution in [0.5, 0.6) is 5.75 Å². The number of aromatic hydroxyl groups is 1. The van der Waals surface area contributed by atoms with Gasteiger partial charge in [0.15, 0.2) is 5.75 Å². The molecule has 0 unspecified atom stereocenters. The van der Waals surface area contributed by atoms with E-state index >= 15 is 0 Å². The van der Waals surface area contributed by atoms with Crippen molar-refractivity contribution in [3.63, 3.8) is 0 Å². The molecule has 0 atom stereocenters. The van der Waals surface area contributed by atoms with Gasteiger partial charge in [-0.1, -0.05) is 12.1 Å². The van der Waals surface area contributed by atoms with Crippen LogP contribution in [0, 0.1) is 0 Å². The molecule has 1 aliphatic carbocycles. The number of rotatable bonds is 2. The Bertz CT molecular complexity index is 664. The molecule has 1 aromatic heterocycles. The van der Waals surface area contributed by atoms with Gasteiger partial charge in [0.05, 0.1) is 11.7 Å². The Balaban J connectivity index is 1.80. The van der Waals surface area contributed by atoms with Crippen LogP contribution in [0.2, 0.25) is 0 Å². The summed E-state index contributed by atoms with van der Waals surface area (Å²) in [6, 6.07) is 7.08. The van der Waals surface area contributed by atoms with Crippen LogP contribution in [-0.2, 0) is 0 Å². The third kappa shape index (κ3) is 2.83. The zero-order valence-corrected chi connectivity index (χ0v) is 11.6. The predicted octanol–water partition coefficient (Wildman–Crippen LogP) is 1.97. The molecular weight excluding hydrogens is 268 g/mol. The van der Waals surface area contributed by atoms with Crippen LogP contribution >= 0.6 is 0 Å². The number of hydrogen-bond donors (Lipinski definition) is 3. The van der Waals surface area contributed by atoms with Gasteiger partial charge in [-0.25, -0.2) is 0 Å². The Hall–Kier alpha value is -2.14. The highest BCUT2D eigenvalue weighted by molar-refractivity contribution is 6.02. The van der Waals surface area contributed by atoms with E-state index in [9.17, 15) is 15.0 Å². The molecule has 0 radical (unpaired) electrons. The van der Waals surface area contributed by atoms with Crippen molar-refractivity contribution in [3.05, 3.63) is 36.0 Å². The van der Waals surface area contributed by atoms with Crippen LogP contribution in [0.1, 0.15) is 36.0 Å². The van der Waals surface area contributed by atoms with Crippen LogP contribution in [0.15, 0.2) is 30.5 Å². The Morgan fingerprint density at radius 3 is 2.71 bits per heavy atom. The lowest BCUT2D eigenvalue weighted by molar-refractivity contribution is 0.0865. The minimum absolute atomic E-state index is 0.0553. The van der Waals surface area contributed by atoms with E-state index in [0.29, 0.717) is 18.4 Å². The smallest absolute Gasteiger partial charge is 0.255 e. The topological polar surface area (TPSA) is 82.5 Å². The lowest BCUT2D eigenvalue weighted by Crippen LogP contribution is -2.38. The standard InChI is InChI=1S/C16H18N2O3/c19-12-6-4-11(5-7-12)18-16(21)13-8-3-10-2-1-9-17-14(10)15(13)20/h1-3,8-9,11-12,19-20H,4-7H2,(H,18,21). The first-order chi connectivity index (χ1) is 10.1. The maximum absolute atomic E-state index is 12.3. The lowest BCUT2D eigenvalue weighted by atomic mass is 9.93. The monoisotopic (exact) mass is 286 g/mol. The van der Waals surface area contributed by atoms with Crippen molar-refractivity contribution in [1.29, 1.82) is 0 Å². The molecule has 0 spiro atoms. The number of phenols is 1. The molecule has 1 amide bonds. The number of phenolic OH excluding ortho intramolecular Hbond substituents is 1. The number of nitrogens with zero attached hydrogens (tertiary/aromatic N) is 1. The van der Waals surface area contributed by atoms with Gasteiger partial charge in [0.2, 0.25) is 0 Å². The summed E-state index contributed by atoms with van der Waals surface area (Å²) in [7, 11) is 0. The molecule has 21 heavy (non-hydrogen) atoms. The molecule has 0 bridgehead atoms. The van der Waals surface area contributed by atoms with Gasteiger partial charge < -0.3 is 15.5 Å². The van der Waals surface area contributed by atoms with Gasteiger partial charge >= 0.3 is 0 Å². The summed E-state index contributed by atoms with van der Waals surface area (Å²) in [5.41, 5.74) is 0.677. The Labute approximate surface area is 122 Å². The maximum atomic E-state index is 12.3. The zero-order valence-electron chi connectivity index (χ0n) is 11.6. The number of benzene rings is 1. The number of aliphatic hydroxyl groups excluding tert-OH is 1. The molecule has 1 saturated carbocycles. The SMILES string of the molecule is O=C(NC1CCC(O)CC1)c1ccc2cccnc2c1O. The molecule has 5 heteroatoms. The highest BCUT2D eigenvalue weighted by Crippen LogP contribution is 2.27. The van der Waals surface area contributed by atoms with E-state index in [-0.39, 0.29) is 29.4 Å². The van der Waals surface area contributed by atoms with Gasteiger partial charge in [-0.2, -0.15) is 0 Å². The molecule has 1 aromatic carbocycles. The van der Waals surface area contributed by atoms with Gasteiger partial charge in [-0.15, -0.1) is 0 Å². The van der Waals surface area contributed by atoms with Crippen molar-refractivity contribution in [3.8, 4) is 5.75 Å². The zero-order chi connectivity index (χ0) is 14.8. The number of nitrogens with one attached hydrogen (secondary N) is 1. The molecule has 3 rings (SSSR count). The maximum Gasteiger partial charge on any atom is 0.255 e. The van der Waals surface area contributed by atoms with Crippen molar-refractivity contribution < 1.29 is 15.0 Å². The lowest BCUT2D eigenvalue weighted by Gasteiger charge is -2.26. The third-order valence-corrected chi connectivity index (χ3v) is 4.02. The first-order valence-corrected chi connectivity index (χ1v) is 7.21. The number of aromatic nitrogens is 1. The number of hydrogen-bond acceptors (Lipinski definition) is 4. The van der Waals surface area contributed by atoms with Crippen molar-refractivity contribution >= 4 is 16.8 Å². The van der Waals surface area contributed by atoms with Gasteiger partial charge in [0, 0.05) is 17.6 Å². The van der Waals surface area contributed by atoms with Gasteiger partial charge in [-0.3, -0.25) is 9.78 Å². The van der Waals surface area contributed by atoms with E-state index < -0.39 is 0 Å². The third-order valence-electron chi connectivity index (χ3n) is 4.02. The van der Waals surface area contributed by atoms with E-state index in [0.717, 1.165) is 18.2 Å². The van der Waals surface area contributed by atoms with Gasteiger partial charge in [-0.05, 0) is 37.8 Å². The first-order valence-electron chi connectivity index (χ1n) is 7.21. The molecule has 1 heterocycles. The number of pyridine rings is 1. The quantitative estimate of drug-likeness (QED) is 0.788. The second-order valence-corrected chi connectivity index (χ2v) is 5.52. The number of aliphatic hydroxyl groups is 1. The average molecular weight is 286 g/mol. The molecule has 2 aromatic rings. The summed E-state index contributed by atoms with van der Waals surface area (Å²) in [6.07, 6.45) is 4.27. The summed E-state index contributed by atoms with van der Waals surface area (Å²) in [5, 5.41) is 23.4. The van der Waals surface area contributed by atoms with Crippen LogP contribution in [0.3, 0.4) is 0 Å². The number of fused-ring (bicyclic) bond motifs is 1. The van der Waals surface area contributed by atoms with E-state index in [4.69, 9.17) is 0 Å². The number of amides is 1. The summed E-state index contributed by atoms with van der Waals surface area (Å²) in [5.74, 6) is -0.372. The molecule has 110 valence electrons. The first kappa shape index (κ1) is 13.8. The van der Waals surface area contributed by atoms with Crippen molar-refractivity contribution in [2.75, 3.05) is 0 Å². The van der Waals surface area contributed by atoms with E-state index in [1.54, 1.807) is 24.4 Å². The summed E-state index contributed by atoms with van der Waals surface area (Å²) < 4.78 is 0. The van der Waals surface area contributed by atoms with E-state index in [2.05, 4.69) is 10.3 Å². The molecule has 5 nitrogen and oxygen atoms in total. The fraction of sp³-hybridized carbons (Fsp3) is 0.375. The van der Waals surface area contributed by atoms with Gasteiger partial charge in [0.25, 0.3) is 5.91 Å². The molecular formula is C16H18N2O3. The minimum Gasteiger partial charge on any atom is -0.505 e. The highest BCUT2D eigenvalue weighted by atomic mass is 16.3. The number of carbonyl (C=O) groups is 1. The highest BCUT2D eigenvalue weighted by Gasteiger charge is 2.22. The van der Waals surface area contributed by atoms with E-state index in [1.165, 1.54) is 0 Å². The molecule has 0 aliphatic heterocycles. The second-order valence-electron chi connectivity index (χ2n) is 5.52. The number of carbonyl (C=O) groups excluding carboxylic acids is 1. The second kappa shape index (κ2) is 5.69. The Morgan fingerprint density at radius 2 is 1.95 bits per heavy atom. The minimum atomic E-state index is -0.290. The fourth-order valence-corrected chi connectivity index (χ4v) is 2.80.